The fourth-order valence-corrected chi connectivity index (χ4v) is 3.73. The van der Waals surface area contributed by atoms with Crippen LogP contribution in [0.4, 0.5) is 5.69 Å². The molecule has 1 heterocycles. The first-order valence-electron chi connectivity index (χ1n) is 7.69. The molecule has 0 radical (unpaired) electrons. The van der Waals surface area contributed by atoms with Gasteiger partial charge >= 0.3 is 0 Å². The van der Waals surface area contributed by atoms with Gasteiger partial charge < -0.3 is 5.32 Å². The number of nitrogens with zero attached hydrogens (tertiary/aromatic N) is 1. The van der Waals surface area contributed by atoms with E-state index in [4.69, 9.17) is 0 Å². The van der Waals surface area contributed by atoms with Gasteiger partial charge in [-0.1, -0.05) is 26.0 Å². The fraction of sp³-hybridized carbons (Fsp3) is 0.588. The van der Waals surface area contributed by atoms with Crippen LogP contribution in [0, 0.1) is 11.8 Å². The van der Waals surface area contributed by atoms with E-state index in [0.717, 1.165) is 23.7 Å². The highest BCUT2D eigenvalue weighted by Crippen LogP contribution is 2.26. The number of anilines is 1. The molecule has 1 fully saturated rings. The second-order valence-corrected chi connectivity index (χ2v) is 7.11. The second-order valence-electron chi connectivity index (χ2n) is 6.27. The van der Waals surface area contributed by atoms with Gasteiger partial charge in [-0.15, -0.1) is 11.8 Å². The minimum Gasteiger partial charge on any atom is -0.324 e. The molecule has 4 heteroatoms. The van der Waals surface area contributed by atoms with Crippen LogP contribution in [-0.2, 0) is 4.79 Å². The Morgan fingerprint density at radius 2 is 1.90 bits per heavy atom. The molecule has 0 saturated carbocycles. The van der Waals surface area contributed by atoms with E-state index in [1.807, 2.05) is 37.4 Å². The number of benzene rings is 1. The Hall–Kier alpha value is -1.00. The molecular weight excluding hydrogens is 280 g/mol. The molecule has 3 nitrogen and oxygen atoms in total. The van der Waals surface area contributed by atoms with Crippen molar-refractivity contribution in [3.05, 3.63) is 24.3 Å². The Bertz CT molecular complexity index is 481. The molecule has 1 aromatic rings. The Labute approximate surface area is 132 Å². The van der Waals surface area contributed by atoms with Crippen LogP contribution in [-0.4, -0.2) is 36.2 Å². The topological polar surface area (TPSA) is 32.3 Å². The van der Waals surface area contributed by atoms with Gasteiger partial charge in [-0.3, -0.25) is 9.69 Å². The summed E-state index contributed by atoms with van der Waals surface area (Å²) in [5, 5.41) is 3.09. The molecule has 3 atom stereocenters. The lowest BCUT2D eigenvalue weighted by molar-refractivity contribution is -0.121. The van der Waals surface area contributed by atoms with E-state index in [1.54, 1.807) is 11.8 Å². The zero-order valence-electron chi connectivity index (χ0n) is 13.4. The molecule has 0 bridgehead atoms. The molecule has 1 aromatic carbocycles. The minimum absolute atomic E-state index is 0.0786. The van der Waals surface area contributed by atoms with Gasteiger partial charge in [-0.05, 0) is 43.6 Å². The first kappa shape index (κ1) is 16.4. The molecule has 116 valence electrons. The number of likely N-dealkylation sites (tertiary alicyclic amines) is 1. The van der Waals surface area contributed by atoms with Crippen LogP contribution < -0.4 is 5.32 Å². The van der Waals surface area contributed by atoms with Gasteiger partial charge in [0.15, 0.2) is 0 Å². The molecule has 0 spiro atoms. The van der Waals surface area contributed by atoms with Gasteiger partial charge in [0.1, 0.15) is 0 Å². The summed E-state index contributed by atoms with van der Waals surface area (Å²) in [5.74, 6) is 1.43. The van der Waals surface area contributed by atoms with Crippen LogP contribution in [0.3, 0.4) is 0 Å². The van der Waals surface area contributed by atoms with E-state index in [-0.39, 0.29) is 11.9 Å². The molecule has 2 rings (SSSR count). The molecule has 3 unspecified atom stereocenters. The molecular formula is C17H26N2OS. The summed E-state index contributed by atoms with van der Waals surface area (Å²) in [4.78, 5) is 16.0. The standard InChI is InChI=1S/C17H26N2OS/c1-12-9-13(2)11-19(10-12)14(3)17(20)18-15-7-5-6-8-16(15)21-4/h5-8,12-14H,9-11H2,1-4H3,(H,18,20). The molecule has 1 aliphatic heterocycles. The van der Waals surface area contributed by atoms with Gasteiger partial charge in [0.25, 0.3) is 0 Å². The number of hydrogen-bond acceptors (Lipinski definition) is 3. The van der Waals surface area contributed by atoms with Gasteiger partial charge in [0.05, 0.1) is 11.7 Å². The van der Waals surface area contributed by atoms with Crippen LogP contribution in [0.1, 0.15) is 27.2 Å². The van der Waals surface area contributed by atoms with Crippen molar-refractivity contribution in [1.29, 1.82) is 0 Å². The zero-order valence-corrected chi connectivity index (χ0v) is 14.2. The summed E-state index contributed by atoms with van der Waals surface area (Å²) in [6, 6.07) is 7.89. The number of para-hydroxylation sites is 1. The number of amides is 1. The van der Waals surface area contributed by atoms with Gasteiger partial charge in [-0.25, -0.2) is 0 Å². The SMILES string of the molecule is CSc1ccccc1NC(=O)C(C)N1CC(C)CC(C)C1. The summed E-state index contributed by atoms with van der Waals surface area (Å²) in [6.45, 7) is 8.60. The highest BCUT2D eigenvalue weighted by molar-refractivity contribution is 7.98. The number of carbonyl (C=O) groups excluding carboxylic acids is 1. The number of rotatable bonds is 4. The first-order valence-corrected chi connectivity index (χ1v) is 8.91. The van der Waals surface area contributed by atoms with Crippen molar-refractivity contribution in [1.82, 2.24) is 4.90 Å². The fourth-order valence-electron chi connectivity index (χ4n) is 3.18. The Morgan fingerprint density at radius 1 is 1.29 bits per heavy atom. The predicted octanol–water partition coefficient (Wildman–Crippen LogP) is 3.71. The van der Waals surface area contributed by atoms with Crippen molar-refractivity contribution >= 4 is 23.4 Å². The highest BCUT2D eigenvalue weighted by atomic mass is 32.2. The normalized spacial score (nSPS) is 24.6. The van der Waals surface area contributed by atoms with Crippen molar-refractivity contribution in [2.45, 2.75) is 38.1 Å². The number of piperidine rings is 1. The van der Waals surface area contributed by atoms with E-state index in [2.05, 4.69) is 24.1 Å². The average molecular weight is 306 g/mol. The van der Waals surface area contributed by atoms with E-state index >= 15 is 0 Å². The van der Waals surface area contributed by atoms with Crippen LogP contribution in [0.15, 0.2) is 29.2 Å². The maximum absolute atomic E-state index is 12.5. The number of thioether (sulfide) groups is 1. The van der Waals surface area contributed by atoms with E-state index < -0.39 is 0 Å². The van der Waals surface area contributed by atoms with Crippen LogP contribution in [0.2, 0.25) is 0 Å². The third-order valence-corrected chi connectivity index (χ3v) is 4.98. The van der Waals surface area contributed by atoms with Gasteiger partial charge in [-0.2, -0.15) is 0 Å². The van der Waals surface area contributed by atoms with Gasteiger partial charge in [0.2, 0.25) is 5.91 Å². The Balaban J connectivity index is 2.02. The quantitative estimate of drug-likeness (QED) is 0.861. The number of carbonyl (C=O) groups is 1. The summed E-state index contributed by atoms with van der Waals surface area (Å²) in [6.07, 6.45) is 3.29. The highest BCUT2D eigenvalue weighted by Gasteiger charge is 2.28. The lowest BCUT2D eigenvalue weighted by atomic mass is 9.91. The Morgan fingerprint density at radius 3 is 2.52 bits per heavy atom. The van der Waals surface area contributed by atoms with Crippen LogP contribution >= 0.6 is 11.8 Å². The van der Waals surface area contributed by atoms with Crippen molar-refractivity contribution in [3.63, 3.8) is 0 Å². The number of nitrogens with one attached hydrogen (secondary N) is 1. The lowest BCUT2D eigenvalue weighted by Gasteiger charge is -2.38. The van der Waals surface area contributed by atoms with E-state index in [9.17, 15) is 4.79 Å². The summed E-state index contributed by atoms with van der Waals surface area (Å²) < 4.78 is 0. The monoisotopic (exact) mass is 306 g/mol. The molecule has 1 N–H and O–H groups in total. The predicted molar refractivity (Wildman–Crippen MR) is 90.8 cm³/mol. The molecule has 1 aliphatic rings. The smallest absolute Gasteiger partial charge is 0.241 e. The Kier molecular flexibility index (Phi) is 5.71. The molecule has 1 saturated heterocycles. The van der Waals surface area contributed by atoms with Crippen LogP contribution in [0.5, 0.6) is 0 Å². The molecule has 0 aliphatic carbocycles. The van der Waals surface area contributed by atoms with Crippen molar-refractivity contribution in [2.24, 2.45) is 11.8 Å². The van der Waals surface area contributed by atoms with Crippen molar-refractivity contribution < 1.29 is 4.79 Å². The lowest BCUT2D eigenvalue weighted by Crippen LogP contribution is -2.48. The number of hydrogen-bond donors (Lipinski definition) is 1. The molecule has 21 heavy (non-hydrogen) atoms. The van der Waals surface area contributed by atoms with E-state index in [0.29, 0.717) is 11.8 Å². The molecule has 0 aromatic heterocycles. The summed E-state index contributed by atoms with van der Waals surface area (Å²) in [7, 11) is 0. The van der Waals surface area contributed by atoms with Crippen molar-refractivity contribution in [2.75, 3.05) is 24.7 Å². The third-order valence-electron chi connectivity index (χ3n) is 4.19. The summed E-state index contributed by atoms with van der Waals surface area (Å²) >= 11 is 1.66. The van der Waals surface area contributed by atoms with Crippen LogP contribution in [0.25, 0.3) is 0 Å². The minimum atomic E-state index is -0.0786. The largest absolute Gasteiger partial charge is 0.324 e. The third kappa shape index (κ3) is 4.24. The maximum atomic E-state index is 12.5. The zero-order chi connectivity index (χ0) is 15.4. The average Bonchev–Trinajstić information content (AvgIpc) is 2.46. The first-order chi connectivity index (χ1) is 10.0. The second kappa shape index (κ2) is 7.32. The maximum Gasteiger partial charge on any atom is 0.241 e. The molecule has 1 amide bonds. The van der Waals surface area contributed by atoms with E-state index in [1.165, 1.54) is 6.42 Å². The van der Waals surface area contributed by atoms with Crippen molar-refractivity contribution in [3.8, 4) is 0 Å². The summed E-state index contributed by atoms with van der Waals surface area (Å²) in [5.41, 5.74) is 0.917. The van der Waals surface area contributed by atoms with Gasteiger partial charge in [0, 0.05) is 18.0 Å².